The molecule has 4 aromatic rings. The van der Waals surface area contributed by atoms with E-state index in [1.165, 1.54) is 27.7 Å². The Morgan fingerprint density at radius 1 is 0.970 bits per heavy atom. The molecule has 0 spiro atoms. The largest absolute Gasteiger partial charge is 0.493 e. The molecular weight excluding hydrogens is 424 g/mol. The number of imidazole rings is 1. The number of amides is 1. The molecule has 2 aromatic heterocycles. The summed E-state index contributed by atoms with van der Waals surface area (Å²) in [6.45, 7) is 0.615. The van der Waals surface area contributed by atoms with Crippen LogP contribution in [0.4, 0.5) is 11.5 Å². The smallest absolute Gasteiger partial charge is 0.244 e. The molecule has 10 nitrogen and oxygen atoms in total. The minimum absolute atomic E-state index is 0.0162. The van der Waals surface area contributed by atoms with Gasteiger partial charge in [0.1, 0.15) is 18.4 Å². The van der Waals surface area contributed by atoms with E-state index in [2.05, 4.69) is 25.6 Å². The number of hydrogen-bond acceptors (Lipinski definition) is 8. The van der Waals surface area contributed by atoms with Gasteiger partial charge in [0.05, 0.1) is 27.7 Å². The van der Waals surface area contributed by atoms with Gasteiger partial charge in [0.25, 0.3) is 0 Å². The molecule has 4 rings (SSSR count). The first kappa shape index (κ1) is 21.9. The molecule has 0 atom stereocenters. The van der Waals surface area contributed by atoms with E-state index < -0.39 is 0 Å². The van der Waals surface area contributed by atoms with E-state index in [9.17, 15) is 4.79 Å². The summed E-state index contributed by atoms with van der Waals surface area (Å²) in [5.41, 5.74) is 2.78. The molecule has 0 saturated heterocycles. The van der Waals surface area contributed by atoms with Crippen LogP contribution in [0.2, 0.25) is 0 Å². The molecule has 0 aliphatic rings. The molecule has 2 heterocycles. The van der Waals surface area contributed by atoms with Crippen molar-refractivity contribution in [3.05, 3.63) is 60.7 Å². The van der Waals surface area contributed by atoms with Gasteiger partial charge in [-0.05, 0) is 5.56 Å². The van der Waals surface area contributed by atoms with Gasteiger partial charge in [-0.25, -0.2) is 15.0 Å². The highest BCUT2D eigenvalue weighted by atomic mass is 16.5. The van der Waals surface area contributed by atoms with Crippen molar-refractivity contribution in [3.8, 4) is 17.2 Å². The lowest BCUT2D eigenvalue weighted by Gasteiger charge is -2.14. The Balaban J connectivity index is 1.50. The van der Waals surface area contributed by atoms with Crippen LogP contribution in [-0.4, -0.2) is 46.8 Å². The van der Waals surface area contributed by atoms with Crippen molar-refractivity contribution in [2.75, 3.05) is 32.0 Å². The summed E-state index contributed by atoms with van der Waals surface area (Å²) >= 11 is 0. The van der Waals surface area contributed by atoms with Gasteiger partial charge < -0.3 is 29.4 Å². The first-order valence-electron chi connectivity index (χ1n) is 10.2. The predicted octanol–water partition coefficient (Wildman–Crippen LogP) is 3.10. The minimum Gasteiger partial charge on any atom is -0.493 e. The molecule has 1 amide bonds. The third-order valence-corrected chi connectivity index (χ3v) is 4.97. The van der Waals surface area contributed by atoms with Gasteiger partial charge in [0, 0.05) is 24.4 Å². The van der Waals surface area contributed by atoms with Gasteiger partial charge in [0.15, 0.2) is 23.0 Å². The summed E-state index contributed by atoms with van der Waals surface area (Å²) in [6, 6.07) is 13.3. The van der Waals surface area contributed by atoms with Crippen molar-refractivity contribution < 1.29 is 19.0 Å². The molecule has 0 aliphatic carbocycles. The molecule has 10 heteroatoms. The van der Waals surface area contributed by atoms with Crippen LogP contribution in [0.5, 0.6) is 17.2 Å². The highest BCUT2D eigenvalue weighted by Crippen LogP contribution is 2.39. The topological polar surface area (TPSA) is 112 Å². The Bertz CT molecular complexity index is 1230. The number of benzene rings is 2. The number of aromatic nitrogens is 4. The van der Waals surface area contributed by atoms with E-state index in [1.54, 1.807) is 23.0 Å². The van der Waals surface area contributed by atoms with Gasteiger partial charge in [-0.1, -0.05) is 30.3 Å². The lowest BCUT2D eigenvalue weighted by Crippen LogP contribution is -2.18. The van der Waals surface area contributed by atoms with Crippen LogP contribution in [0, 0.1) is 0 Å². The number of carbonyl (C=O) groups is 1. The third-order valence-electron chi connectivity index (χ3n) is 4.97. The Morgan fingerprint density at radius 3 is 2.36 bits per heavy atom. The summed E-state index contributed by atoms with van der Waals surface area (Å²) < 4.78 is 17.7. The Labute approximate surface area is 190 Å². The van der Waals surface area contributed by atoms with E-state index >= 15 is 0 Å². The molecule has 170 valence electrons. The lowest BCUT2D eigenvalue weighted by molar-refractivity contribution is -0.116. The number of anilines is 2. The quantitative estimate of drug-likeness (QED) is 0.402. The Hall–Kier alpha value is -4.34. The van der Waals surface area contributed by atoms with E-state index in [4.69, 9.17) is 14.2 Å². The molecule has 0 aliphatic heterocycles. The molecule has 0 unspecified atom stereocenters. The average molecular weight is 448 g/mol. The van der Waals surface area contributed by atoms with Crippen LogP contribution < -0.4 is 24.8 Å². The number of ether oxygens (including phenoxy) is 3. The molecular formula is C23H24N6O4. The highest BCUT2D eigenvalue weighted by Gasteiger charge is 2.16. The number of methoxy groups -OCH3 is 3. The van der Waals surface area contributed by atoms with Gasteiger partial charge in [0.2, 0.25) is 11.7 Å². The standard InChI is InChI=1S/C23H24N6O4/c1-31-17-9-16(10-18(32-2)21(17)33-3)28-19(30)12-29-14-27-20-22(25-13-26-23(20)29)24-11-15-7-5-4-6-8-15/h4-10,13-14H,11-12H2,1-3H3,(H,28,30)(H,24,25,26). The van der Waals surface area contributed by atoms with E-state index in [-0.39, 0.29) is 12.5 Å². The zero-order valence-electron chi connectivity index (χ0n) is 18.5. The van der Waals surface area contributed by atoms with Crippen LogP contribution in [0.25, 0.3) is 11.2 Å². The normalized spacial score (nSPS) is 10.6. The fraction of sp³-hybridized carbons (Fsp3) is 0.217. The van der Waals surface area contributed by atoms with Crippen LogP contribution in [-0.2, 0) is 17.9 Å². The van der Waals surface area contributed by atoms with Crippen molar-refractivity contribution in [2.24, 2.45) is 0 Å². The first-order chi connectivity index (χ1) is 16.1. The van der Waals surface area contributed by atoms with Crippen LogP contribution in [0.15, 0.2) is 55.1 Å². The van der Waals surface area contributed by atoms with Gasteiger partial charge in [-0.15, -0.1) is 0 Å². The lowest BCUT2D eigenvalue weighted by atomic mass is 10.2. The molecule has 0 radical (unpaired) electrons. The second-order valence-corrected chi connectivity index (χ2v) is 7.07. The molecule has 33 heavy (non-hydrogen) atoms. The second-order valence-electron chi connectivity index (χ2n) is 7.07. The summed E-state index contributed by atoms with van der Waals surface area (Å²) in [4.78, 5) is 25.8. The average Bonchev–Trinajstić information content (AvgIpc) is 3.25. The molecule has 2 aromatic carbocycles. The number of hydrogen-bond donors (Lipinski definition) is 2. The van der Waals surface area contributed by atoms with Crippen LogP contribution in [0.1, 0.15) is 5.56 Å². The summed E-state index contributed by atoms with van der Waals surface area (Å²) in [5.74, 6) is 1.68. The van der Waals surface area contributed by atoms with E-state index in [0.717, 1.165) is 5.56 Å². The molecule has 2 N–H and O–H groups in total. The summed E-state index contributed by atoms with van der Waals surface area (Å²) in [6.07, 6.45) is 3.02. The summed E-state index contributed by atoms with van der Waals surface area (Å²) in [7, 11) is 4.56. The fourth-order valence-electron chi connectivity index (χ4n) is 3.42. The Morgan fingerprint density at radius 2 is 1.70 bits per heavy atom. The fourth-order valence-corrected chi connectivity index (χ4v) is 3.42. The SMILES string of the molecule is COc1cc(NC(=O)Cn2cnc3c(NCc4ccccc4)ncnc32)cc(OC)c1OC. The van der Waals surface area contributed by atoms with Gasteiger partial charge in [-0.2, -0.15) is 0 Å². The van der Waals surface area contributed by atoms with Gasteiger partial charge in [-0.3, -0.25) is 4.79 Å². The maximum absolute atomic E-state index is 12.7. The number of carbonyl (C=O) groups excluding carboxylic acids is 1. The van der Waals surface area contributed by atoms with Crippen molar-refractivity contribution in [2.45, 2.75) is 13.1 Å². The van der Waals surface area contributed by atoms with Gasteiger partial charge >= 0.3 is 0 Å². The van der Waals surface area contributed by atoms with Crippen LogP contribution >= 0.6 is 0 Å². The maximum atomic E-state index is 12.7. The number of nitrogens with one attached hydrogen (secondary N) is 2. The van der Waals surface area contributed by atoms with Crippen molar-refractivity contribution >= 4 is 28.6 Å². The van der Waals surface area contributed by atoms with Crippen LogP contribution in [0.3, 0.4) is 0 Å². The van der Waals surface area contributed by atoms with E-state index in [0.29, 0.717) is 46.5 Å². The molecule has 0 bridgehead atoms. The molecule has 0 saturated carbocycles. The third kappa shape index (κ3) is 4.79. The maximum Gasteiger partial charge on any atom is 0.244 e. The van der Waals surface area contributed by atoms with Crippen molar-refractivity contribution in [1.29, 1.82) is 0 Å². The predicted molar refractivity (Wildman–Crippen MR) is 124 cm³/mol. The number of nitrogens with zero attached hydrogens (tertiary/aromatic N) is 4. The number of fused-ring (bicyclic) bond motifs is 1. The first-order valence-corrected chi connectivity index (χ1v) is 10.2. The number of rotatable bonds is 9. The van der Waals surface area contributed by atoms with Crippen molar-refractivity contribution in [3.63, 3.8) is 0 Å². The zero-order chi connectivity index (χ0) is 23.2. The minimum atomic E-state index is -0.263. The monoisotopic (exact) mass is 448 g/mol. The summed E-state index contributed by atoms with van der Waals surface area (Å²) in [5, 5.41) is 6.12. The molecule has 0 fully saturated rings. The van der Waals surface area contributed by atoms with Crippen molar-refractivity contribution in [1.82, 2.24) is 19.5 Å². The highest BCUT2D eigenvalue weighted by molar-refractivity contribution is 5.92. The second kappa shape index (κ2) is 9.86. The Kier molecular flexibility index (Phi) is 6.53. The zero-order valence-corrected chi connectivity index (χ0v) is 18.5. The van der Waals surface area contributed by atoms with E-state index in [1.807, 2.05) is 30.3 Å².